The fourth-order valence-corrected chi connectivity index (χ4v) is 3.43. The molecule has 0 saturated heterocycles. The van der Waals surface area contributed by atoms with E-state index < -0.39 is 0 Å². The SMILES string of the molecule is CCCN(CC(=O)Nc1ccc(Cl)cc1Cl)C(=O)c1cccc(NC(=O)C2CC2)c1. The van der Waals surface area contributed by atoms with Crippen LogP contribution in [0.4, 0.5) is 11.4 Å². The van der Waals surface area contributed by atoms with E-state index in [4.69, 9.17) is 23.2 Å². The molecule has 1 aliphatic rings. The second-order valence-corrected chi connectivity index (χ2v) is 8.09. The van der Waals surface area contributed by atoms with Crippen LogP contribution in [0.15, 0.2) is 42.5 Å². The Morgan fingerprint density at radius 2 is 1.83 bits per heavy atom. The van der Waals surface area contributed by atoms with Gasteiger partial charge in [0.05, 0.1) is 10.7 Å². The van der Waals surface area contributed by atoms with E-state index in [-0.39, 0.29) is 30.2 Å². The topological polar surface area (TPSA) is 78.5 Å². The average molecular weight is 448 g/mol. The van der Waals surface area contributed by atoms with Crippen molar-refractivity contribution in [1.29, 1.82) is 0 Å². The number of nitrogens with zero attached hydrogens (tertiary/aromatic N) is 1. The van der Waals surface area contributed by atoms with Crippen molar-refractivity contribution in [1.82, 2.24) is 4.90 Å². The van der Waals surface area contributed by atoms with Gasteiger partial charge in [-0.2, -0.15) is 0 Å². The zero-order chi connectivity index (χ0) is 21.7. The van der Waals surface area contributed by atoms with Crippen LogP contribution in [-0.2, 0) is 9.59 Å². The zero-order valence-corrected chi connectivity index (χ0v) is 18.1. The lowest BCUT2D eigenvalue weighted by molar-refractivity contribution is -0.117. The predicted molar refractivity (Wildman–Crippen MR) is 119 cm³/mol. The molecule has 0 spiro atoms. The molecule has 0 unspecified atom stereocenters. The zero-order valence-electron chi connectivity index (χ0n) is 16.6. The van der Waals surface area contributed by atoms with Crippen LogP contribution in [0.3, 0.4) is 0 Å². The summed E-state index contributed by atoms with van der Waals surface area (Å²) in [5, 5.41) is 6.34. The summed E-state index contributed by atoms with van der Waals surface area (Å²) in [6.07, 6.45) is 2.50. The second kappa shape index (κ2) is 9.96. The fraction of sp³-hybridized carbons (Fsp3) is 0.318. The van der Waals surface area contributed by atoms with E-state index in [2.05, 4.69) is 10.6 Å². The molecular formula is C22H23Cl2N3O3. The predicted octanol–water partition coefficient (Wildman–Crippen LogP) is 4.83. The van der Waals surface area contributed by atoms with Crippen molar-refractivity contribution in [3.63, 3.8) is 0 Å². The largest absolute Gasteiger partial charge is 0.329 e. The Bertz CT molecular complexity index is 960. The minimum atomic E-state index is -0.362. The Morgan fingerprint density at radius 1 is 1.07 bits per heavy atom. The first-order chi connectivity index (χ1) is 14.4. The molecule has 0 radical (unpaired) electrons. The van der Waals surface area contributed by atoms with Gasteiger partial charge in [-0.3, -0.25) is 14.4 Å². The van der Waals surface area contributed by atoms with Crippen LogP contribution >= 0.6 is 23.2 Å². The van der Waals surface area contributed by atoms with Gasteiger partial charge >= 0.3 is 0 Å². The summed E-state index contributed by atoms with van der Waals surface area (Å²) >= 11 is 12.0. The highest BCUT2D eigenvalue weighted by molar-refractivity contribution is 6.36. The Hall–Kier alpha value is -2.57. The van der Waals surface area contributed by atoms with Crippen molar-refractivity contribution in [3.05, 3.63) is 58.1 Å². The van der Waals surface area contributed by atoms with Gasteiger partial charge in [0.25, 0.3) is 5.91 Å². The van der Waals surface area contributed by atoms with Crippen molar-refractivity contribution in [2.75, 3.05) is 23.7 Å². The van der Waals surface area contributed by atoms with E-state index in [1.807, 2.05) is 6.92 Å². The maximum atomic E-state index is 13.0. The van der Waals surface area contributed by atoms with E-state index in [1.54, 1.807) is 36.4 Å². The molecule has 2 N–H and O–H groups in total. The second-order valence-electron chi connectivity index (χ2n) is 7.24. The van der Waals surface area contributed by atoms with Crippen molar-refractivity contribution in [3.8, 4) is 0 Å². The third kappa shape index (κ3) is 5.97. The molecular weight excluding hydrogens is 425 g/mol. The van der Waals surface area contributed by atoms with E-state index in [1.165, 1.54) is 11.0 Å². The molecule has 0 bridgehead atoms. The van der Waals surface area contributed by atoms with Gasteiger partial charge in [0, 0.05) is 28.7 Å². The number of nitrogens with one attached hydrogen (secondary N) is 2. The molecule has 0 heterocycles. The number of benzene rings is 2. The smallest absolute Gasteiger partial charge is 0.254 e. The summed E-state index contributed by atoms with van der Waals surface area (Å²) < 4.78 is 0. The summed E-state index contributed by atoms with van der Waals surface area (Å²) in [5.74, 6) is -0.593. The van der Waals surface area contributed by atoms with Crippen LogP contribution in [0.5, 0.6) is 0 Å². The van der Waals surface area contributed by atoms with Crippen LogP contribution in [0.1, 0.15) is 36.5 Å². The summed E-state index contributed by atoms with van der Waals surface area (Å²) in [6, 6.07) is 11.5. The van der Waals surface area contributed by atoms with Crippen molar-refractivity contribution < 1.29 is 14.4 Å². The highest BCUT2D eigenvalue weighted by Gasteiger charge is 2.29. The highest BCUT2D eigenvalue weighted by atomic mass is 35.5. The van der Waals surface area contributed by atoms with E-state index in [0.717, 1.165) is 12.8 Å². The first kappa shape index (κ1) is 22.1. The quantitative estimate of drug-likeness (QED) is 0.607. The molecule has 158 valence electrons. The van der Waals surface area contributed by atoms with Crippen LogP contribution in [0.2, 0.25) is 10.0 Å². The molecule has 0 aromatic heterocycles. The minimum absolute atomic E-state index is 0.0239. The number of halogens is 2. The van der Waals surface area contributed by atoms with Crippen molar-refractivity contribution in [2.45, 2.75) is 26.2 Å². The van der Waals surface area contributed by atoms with Crippen LogP contribution in [0, 0.1) is 5.92 Å². The molecule has 30 heavy (non-hydrogen) atoms. The molecule has 1 saturated carbocycles. The van der Waals surface area contributed by atoms with Gasteiger partial charge in [0.15, 0.2) is 0 Å². The highest BCUT2D eigenvalue weighted by Crippen LogP contribution is 2.30. The monoisotopic (exact) mass is 447 g/mol. The first-order valence-corrected chi connectivity index (χ1v) is 10.6. The van der Waals surface area contributed by atoms with Gasteiger partial charge in [0.1, 0.15) is 6.54 Å². The van der Waals surface area contributed by atoms with Crippen molar-refractivity contribution >= 4 is 52.3 Å². The van der Waals surface area contributed by atoms with E-state index in [9.17, 15) is 14.4 Å². The summed E-state index contributed by atoms with van der Waals surface area (Å²) in [4.78, 5) is 39.0. The van der Waals surface area contributed by atoms with Gasteiger partial charge in [-0.05, 0) is 55.7 Å². The van der Waals surface area contributed by atoms with Gasteiger partial charge in [-0.25, -0.2) is 0 Å². The maximum absolute atomic E-state index is 13.0. The Kier molecular flexibility index (Phi) is 7.34. The standard InChI is InChI=1S/C22H23Cl2N3O3/c1-2-10-27(13-20(28)26-19-9-8-16(23)12-18(19)24)22(30)15-4-3-5-17(11-15)25-21(29)14-6-7-14/h3-5,8-9,11-12,14H,2,6-7,10,13H2,1H3,(H,25,29)(H,26,28). The normalized spacial score (nSPS) is 12.9. The molecule has 1 aliphatic carbocycles. The van der Waals surface area contributed by atoms with E-state index in [0.29, 0.717) is 39.9 Å². The summed E-state index contributed by atoms with van der Waals surface area (Å²) in [6.45, 7) is 2.23. The first-order valence-electron chi connectivity index (χ1n) is 9.82. The number of rotatable bonds is 8. The molecule has 6 nitrogen and oxygen atoms in total. The third-order valence-corrected chi connectivity index (χ3v) is 5.19. The van der Waals surface area contributed by atoms with Crippen LogP contribution in [0.25, 0.3) is 0 Å². The van der Waals surface area contributed by atoms with Gasteiger partial charge in [-0.1, -0.05) is 36.2 Å². The van der Waals surface area contributed by atoms with Gasteiger partial charge in [0.2, 0.25) is 11.8 Å². The average Bonchev–Trinajstić information content (AvgIpc) is 3.55. The molecule has 1 fully saturated rings. The molecule has 8 heteroatoms. The van der Waals surface area contributed by atoms with Gasteiger partial charge < -0.3 is 15.5 Å². The van der Waals surface area contributed by atoms with Crippen molar-refractivity contribution in [2.24, 2.45) is 5.92 Å². The number of hydrogen-bond donors (Lipinski definition) is 2. The Balaban J connectivity index is 1.68. The minimum Gasteiger partial charge on any atom is -0.329 e. The lowest BCUT2D eigenvalue weighted by Gasteiger charge is -2.22. The lowest BCUT2D eigenvalue weighted by Crippen LogP contribution is -2.38. The number of hydrogen-bond acceptors (Lipinski definition) is 3. The Morgan fingerprint density at radius 3 is 2.50 bits per heavy atom. The maximum Gasteiger partial charge on any atom is 0.254 e. The molecule has 2 aromatic rings. The summed E-state index contributed by atoms with van der Waals surface area (Å²) in [5.41, 5.74) is 1.42. The third-order valence-electron chi connectivity index (χ3n) is 4.65. The number of anilines is 2. The molecule has 0 atom stereocenters. The summed E-state index contributed by atoms with van der Waals surface area (Å²) in [7, 11) is 0. The molecule has 2 aromatic carbocycles. The van der Waals surface area contributed by atoms with Crippen LogP contribution in [-0.4, -0.2) is 35.7 Å². The number of amides is 3. The number of carbonyl (C=O) groups excluding carboxylic acids is 3. The van der Waals surface area contributed by atoms with E-state index >= 15 is 0 Å². The van der Waals surface area contributed by atoms with Crippen LogP contribution < -0.4 is 10.6 Å². The lowest BCUT2D eigenvalue weighted by atomic mass is 10.1. The molecule has 0 aliphatic heterocycles. The number of carbonyl (C=O) groups is 3. The molecule has 3 rings (SSSR count). The van der Waals surface area contributed by atoms with Gasteiger partial charge in [-0.15, -0.1) is 0 Å². The molecule has 3 amide bonds. The Labute approximate surface area is 185 Å². The fourth-order valence-electron chi connectivity index (χ4n) is 2.98.